The Kier molecular flexibility index (Phi) is 54.2. The first kappa shape index (κ1) is 72.0. The van der Waals surface area contributed by atoms with Gasteiger partial charge in [-0.1, -0.05) is 281 Å². The zero-order valence-electron chi connectivity index (χ0n) is 49.3. The summed E-state index contributed by atoms with van der Waals surface area (Å²) in [6, 6.07) is 0. The fraction of sp³-hybridized carbons (Fsp3) is 0.844. The number of esters is 2. The molecule has 0 aromatic heterocycles. The number of rotatable bonds is 58. The second kappa shape index (κ2) is 55.7. The molecule has 0 fully saturated rings. The molecule has 2 unspecified atom stereocenters. The number of allylic oxidation sites excluding steroid dienone is 8. The Balaban J connectivity index is 3.90. The first-order valence-electron chi connectivity index (χ1n) is 31.4. The zero-order valence-corrected chi connectivity index (χ0v) is 50.2. The van der Waals surface area contributed by atoms with E-state index in [0.29, 0.717) is 23.9 Å². The minimum atomic E-state index is -4.38. The van der Waals surface area contributed by atoms with Crippen molar-refractivity contribution in [2.75, 3.05) is 47.5 Å². The van der Waals surface area contributed by atoms with Crippen molar-refractivity contribution in [3.63, 3.8) is 0 Å². The molecule has 0 bridgehead atoms. The number of quaternary nitrogens is 1. The molecule has 0 aliphatic rings. The molecule has 0 amide bonds. The van der Waals surface area contributed by atoms with Gasteiger partial charge in [0.15, 0.2) is 6.10 Å². The van der Waals surface area contributed by atoms with Crippen LogP contribution in [0.5, 0.6) is 0 Å². The van der Waals surface area contributed by atoms with Crippen molar-refractivity contribution in [2.24, 2.45) is 0 Å². The molecule has 1 N–H and O–H groups in total. The molecule has 0 heterocycles. The Morgan fingerprint density at radius 1 is 0.432 bits per heavy atom. The summed E-state index contributed by atoms with van der Waals surface area (Å²) in [7, 11) is 1.49. The Labute approximate surface area is 458 Å². The molecule has 2 atom stereocenters. The summed E-state index contributed by atoms with van der Waals surface area (Å²) in [5.41, 5.74) is 0. The van der Waals surface area contributed by atoms with Gasteiger partial charge in [-0.05, 0) is 51.4 Å². The number of nitrogens with zero attached hydrogens (tertiary/aromatic N) is 1. The first-order chi connectivity index (χ1) is 36.0. The van der Waals surface area contributed by atoms with Gasteiger partial charge in [-0.2, -0.15) is 0 Å². The van der Waals surface area contributed by atoms with E-state index in [1.165, 1.54) is 205 Å². The maximum Gasteiger partial charge on any atom is 0.472 e. The Hall–Kier alpha value is -2.03. The number of hydrogen-bond donors (Lipinski definition) is 1. The second-order valence-corrected chi connectivity index (χ2v) is 23.9. The number of carbonyl (C=O) groups is 2. The van der Waals surface area contributed by atoms with Crippen LogP contribution in [0.25, 0.3) is 0 Å². The predicted molar refractivity (Wildman–Crippen MR) is 317 cm³/mol. The van der Waals surface area contributed by atoms with Crippen LogP contribution in [0, 0.1) is 0 Å². The lowest BCUT2D eigenvalue weighted by Gasteiger charge is -2.24. The maximum atomic E-state index is 12.8. The average Bonchev–Trinajstić information content (AvgIpc) is 3.36. The quantitative estimate of drug-likeness (QED) is 0.0211. The fourth-order valence-electron chi connectivity index (χ4n) is 9.07. The van der Waals surface area contributed by atoms with E-state index in [4.69, 9.17) is 18.5 Å². The number of ether oxygens (including phenoxy) is 2. The molecule has 74 heavy (non-hydrogen) atoms. The Morgan fingerprint density at radius 3 is 1.15 bits per heavy atom. The van der Waals surface area contributed by atoms with E-state index in [9.17, 15) is 19.0 Å². The molecule has 0 radical (unpaired) electrons. The summed E-state index contributed by atoms with van der Waals surface area (Å²) in [5, 5.41) is 0. The smallest absolute Gasteiger partial charge is 0.462 e. The highest BCUT2D eigenvalue weighted by Gasteiger charge is 2.27. The summed E-state index contributed by atoms with van der Waals surface area (Å²) in [6.45, 7) is 4.36. The number of phosphoric acid groups is 1. The van der Waals surface area contributed by atoms with Gasteiger partial charge >= 0.3 is 19.8 Å². The van der Waals surface area contributed by atoms with Crippen molar-refractivity contribution in [3.8, 4) is 0 Å². The second-order valence-electron chi connectivity index (χ2n) is 22.4. The van der Waals surface area contributed by atoms with Crippen molar-refractivity contribution in [1.82, 2.24) is 0 Å². The van der Waals surface area contributed by atoms with Gasteiger partial charge in [0.25, 0.3) is 0 Å². The molecule has 0 saturated carbocycles. The van der Waals surface area contributed by atoms with E-state index >= 15 is 0 Å². The summed E-state index contributed by atoms with van der Waals surface area (Å²) >= 11 is 0. The fourth-order valence-corrected chi connectivity index (χ4v) is 9.81. The third-order valence-electron chi connectivity index (χ3n) is 13.9. The summed E-state index contributed by atoms with van der Waals surface area (Å²) in [5.74, 6) is -0.781. The van der Waals surface area contributed by atoms with Crippen LogP contribution in [0.1, 0.15) is 296 Å². The molecule has 0 saturated heterocycles. The highest BCUT2D eigenvalue weighted by atomic mass is 31.2. The van der Waals surface area contributed by atoms with E-state index in [0.717, 1.165) is 57.8 Å². The van der Waals surface area contributed by atoms with Crippen LogP contribution in [0.3, 0.4) is 0 Å². The highest BCUT2D eigenvalue weighted by Crippen LogP contribution is 2.43. The van der Waals surface area contributed by atoms with Gasteiger partial charge in [0.05, 0.1) is 27.7 Å². The zero-order chi connectivity index (χ0) is 54.2. The largest absolute Gasteiger partial charge is 0.472 e. The normalized spacial score (nSPS) is 13.5. The van der Waals surface area contributed by atoms with Gasteiger partial charge in [0, 0.05) is 12.8 Å². The standard InChI is InChI=1S/C64H120NO8P/c1-6-8-10-12-14-16-18-20-21-22-23-24-25-26-27-28-29-30-31-32-33-34-35-36-37-38-39-40-41-42-43-45-47-49-51-53-55-57-64(67)73-62(61-72-74(68,69)71-59-58-65(3,4)5)60-70-63(66)56-54-52-50-48-46-44-19-17-15-13-11-9-7-2/h8,10,14,16,20-21,23-24,62H,6-7,9,11-13,15,17-19,22,25-61H2,1-5H3/p+1/b10-8-,16-14-,21-20-,24-23-. The molecule has 0 aliphatic carbocycles. The lowest BCUT2D eigenvalue weighted by Crippen LogP contribution is -2.37. The van der Waals surface area contributed by atoms with Gasteiger partial charge < -0.3 is 18.9 Å². The Bertz CT molecular complexity index is 1390. The molecule has 434 valence electrons. The van der Waals surface area contributed by atoms with Crippen LogP contribution in [-0.4, -0.2) is 74.9 Å². The van der Waals surface area contributed by atoms with Gasteiger partial charge in [-0.3, -0.25) is 18.6 Å². The van der Waals surface area contributed by atoms with E-state index in [1.54, 1.807) is 0 Å². The van der Waals surface area contributed by atoms with E-state index in [2.05, 4.69) is 62.5 Å². The average molecular weight is 1060 g/mol. The van der Waals surface area contributed by atoms with Crippen LogP contribution in [0.4, 0.5) is 0 Å². The molecule has 0 rings (SSSR count). The SMILES string of the molecule is CC/C=C\C/C=C\C/C=C\C/C=C\CCCCCCCCCCCCCCCCCCCCCCCCCCC(=O)OC(COC(=O)CCCCCCCCCCCCCCC)COP(=O)(O)OCC[N+](C)(C)C. The topological polar surface area (TPSA) is 108 Å². The summed E-state index contributed by atoms with van der Waals surface area (Å²) < 4.78 is 34.6. The minimum absolute atomic E-state index is 0.0348. The monoisotopic (exact) mass is 1060 g/mol. The molecule has 0 aromatic rings. The number of unbranched alkanes of at least 4 members (excludes halogenated alkanes) is 36. The van der Waals surface area contributed by atoms with Crippen LogP contribution < -0.4 is 0 Å². The van der Waals surface area contributed by atoms with Crippen molar-refractivity contribution >= 4 is 19.8 Å². The van der Waals surface area contributed by atoms with Crippen LogP contribution in [0.2, 0.25) is 0 Å². The lowest BCUT2D eigenvalue weighted by atomic mass is 10.0. The third kappa shape index (κ3) is 59.2. The van der Waals surface area contributed by atoms with Gasteiger partial charge in [-0.25, -0.2) is 4.57 Å². The third-order valence-corrected chi connectivity index (χ3v) is 14.9. The summed E-state index contributed by atoms with van der Waals surface area (Å²) in [4.78, 5) is 35.6. The molecule has 0 spiro atoms. The van der Waals surface area contributed by atoms with Crippen LogP contribution in [0.15, 0.2) is 48.6 Å². The molecule has 0 aliphatic heterocycles. The van der Waals surface area contributed by atoms with Gasteiger partial charge in [0.1, 0.15) is 19.8 Å². The highest BCUT2D eigenvalue weighted by molar-refractivity contribution is 7.47. The van der Waals surface area contributed by atoms with Crippen LogP contribution in [-0.2, 0) is 32.7 Å². The Morgan fingerprint density at radius 2 is 0.770 bits per heavy atom. The number of phosphoric ester groups is 1. The number of hydrogen-bond acceptors (Lipinski definition) is 7. The lowest BCUT2D eigenvalue weighted by molar-refractivity contribution is -0.870. The van der Waals surface area contributed by atoms with Crippen molar-refractivity contribution in [2.45, 2.75) is 302 Å². The van der Waals surface area contributed by atoms with E-state index in [1.807, 2.05) is 21.1 Å². The molecule has 10 heteroatoms. The predicted octanol–water partition coefficient (Wildman–Crippen LogP) is 19.7. The molecular weight excluding hydrogens is 942 g/mol. The number of carbonyl (C=O) groups excluding carboxylic acids is 2. The minimum Gasteiger partial charge on any atom is -0.462 e. The van der Waals surface area contributed by atoms with Crippen LogP contribution >= 0.6 is 7.82 Å². The molecular formula is C64H121NO8P+. The van der Waals surface area contributed by atoms with E-state index < -0.39 is 26.5 Å². The maximum absolute atomic E-state index is 12.8. The van der Waals surface area contributed by atoms with Crippen molar-refractivity contribution in [3.05, 3.63) is 48.6 Å². The van der Waals surface area contributed by atoms with Crippen molar-refractivity contribution in [1.29, 1.82) is 0 Å². The molecule has 0 aromatic carbocycles. The van der Waals surface area contributed by atoms with E-state index in [-0.39, 0.29) is 25.6 Å². The first-order valence-corrected chi connectivity index (χ1v) is 32.9. The number of likely N-dealkylation sites (N-methyl/N-ethyl adjacent to an activating group) is 1. The van der Waals surface area contributed by atoms with Gasteiger partial charge in [-0.15, -0.1) is 0 Å². The summed E-state index contributed by atoms with van der Waals surface area (Å²) in [6.07, 6.45) is 70.7. The molecule has 9 nitrogen and oxygen atoms in total. The van der Waals surface area contributed by atoms with Crippen molar-refractivity contribution < 1.29 is 42.1 Å². The van der Waals surface area contributed by atoms with Gasteiger partial charge in [0.2, 0.25) is 0 Å².